The Balaban J connectivity index is 1.68. The van der Waals surface area contributed by atoms with E-state index in [4.69, 9.17) is 16.3 Å². The molecule has 0 radical (unpaired) electrons. The summed E-state index contributed by atoms with van der Waals surface area (Å²) in [6.45, 7) is 3.39. The van der Waals surface area contributed by atoms with Gasteiger partial charge in [0.05, 0.1) is 21.8 Å². The Kier molecular flexibility index (Phi) is 6.93. The SMILES string of the molecule is Cc1cc(C(=O)OCC(=O)Nc2c(Cl)cccc2C(F)(F)F)c(C)n1Cc1ccccc1. The van der Waals surface area contributed by atoms with Crippen molar-refractivity contribution in [1.82, 2.24) is 4.57 Å². The number of carbonyl (C=O) groups is 2. The number of benzene rings is 2. The van der Waals surface area contributed by atoms with Gasteiger partial charge in [-0.25, -0.2) is 4.79 Å². The molecule has 1 N–H and O–H groups in total. The second-order valence-corrected chi connectivity index (χ2v) is 7.55. The van der Waals surface area contributed by atoms with Crippen LogP contribution < -0.4 is 5.32 Å². The van der Waals surface area contributed by atoms with Crippen molar-refractivity contribution in [3.63, 3.8) is 0 Å². The fraction of sp³-hybridized carbons (Fsp3) is 0.217. The number of rotatable bonds is 6. The minimum absolute atomic E-state index is 0.274. The van der Waals surface area contributed by atoms with Crippen LogP contribution in [-0.4, -0.2) is 23.1 Å². The summed E-state index contributed by atoms with van der Waals surface area (Å²) in [6, 6.07) is 14.5. The van der Waals surface area contributed by atoms with Crippen molar-refractivity contribution in [2.24, 2.45) is 0 Å². The maximum absolute atomic E-state index is 13.2. The lowest BCUT2D eigenvalue weighted by atomic mass is 10.1. The monoisotopic (exact) mass is 464 g/mol. The summed E-state index contributed by atoms with van der Waals surface area (Å²) < 4.78 is 46.4. The minimum Gasteiger partial charge on any atom is -0.452 e. The molecule has 0 saturated heterocycles. The number of hydrogen-bond acceptors (Lipinski definition) is 3. The van der Waals surface area contributed by atoms with Gasteiger partial charge in [-0.15, -0.1) is 0 Å². The zero-order chi connectivity index (χ0) is 23.5. The molecule has 0 fully saturated rings. The van der Waals surface area contributed by atoms with Gasteiger partial charge >= 0.3 is 12.1 Å². The lowest BCUT2D eigenvalue weighted by Crippen LogP contribution is -2.23. The van der Waals surface area contributed by atoms with E-state index in [0.29, 0.717) is 12.2 Å². The number of hydrogen-bond donors (Lipinski definition) is 1. The van der Waals surface area contributed by atoms with E-state index in [9.17, 15) is 22.8 Å². The Morgan fingerprint density at radius 2 is 1.75 bits per heavy atom. The molecule has 5 nitrogen and oxygen atoms in total. The lowest BCUT2D eigenvalue weighted by Gasteiger charge is -2.15. The van der Waals surface area contributed by atoms with Crippen LogP contribution in [0.25, 0.3) is 0 Å². The van der Waals surface area contributed by atoms with Crippen molar-refractivity contribution in [3.05, 3.63) is 87.7 Å². The molecular formula is C23H20ClF3N2O3. The van der Waals surface area contributed by atoms with Gasteiger partial charge in [-0.1, -0.05) is 48.0 Å². The largest absolute Gasteiger partial charge is 0.452 e. The van der Waals surface area contributed by atoms with E-state index in [0.717, 1.165) is 23.4 Å². The van der Waals surface area contributed by atoms with Gasteiger partial charge in [0.1, 0.15) is 0 Å². The van der Waals surface area contributed by atoms with Crippen molar-refractivity contribution >= 4 is 29.2 Å². The van der Waals surface area contributed by atoms with Crippen LogP contribution in [0.4, 0.5) is 18.9 Å². The fourth-order valence-electron chi connectivity index (χ4n) is 3.29. The Bertz CT molecular complexity index is 1140. The molecule has 0 unspecified atom stereocenters. The second-order valence-electron chi connectivity index (χ2n) is 7.14. The van der Waals surface area contributed by atoms with Gasteiger partial charge in [-0.05, 0) is 37.6 Å². The fourth-order valence-corrected chi connectivity index (χ4v) is 3.51. The molecule has 0 aliphatic rings. The molecule has 3 rings (SSSR count). The number of esters is 1. The van der Waals surface area contributed by atoms with Crippen molar-refractivity contribution in [1.29, 1.82) is 0 Å². The summed E-state index contributed by atoms with van der Waals surface area (Å²) in [5.74, 6) is -1.68. The van der Waals surface area contributed by atoms with Crippen LogP contribution >= 0.6 is 11.6 Å². The van der Waals surface area contributed by atoms with Crippen molar-refractivity contribution in [2.45, 2.75) is 26.6 Å². The third-order valence-electron chi connectivity index (χ3n) is 4.89. The molecular weight excluding hydrogens is 445 g/mol. The van der Waals surface area contributed by atoms with E-state index < -0.39 is 35.9 Å². The number of nitrogens with one attached hydrogen (secondary N) is 1. The van der Waals surface area contributed by atoms with Gasteiger partial charge in [0.2, 0.25) is 0 Å². The molecule has 2 aromatic carbocycles. The van der Waals surface area contributed by atoms with E-state index in [1.807, 2.05) is 41.8 Å². The summed E-state index contributed by atoms with van der Waals surface area (Å²) >= 11 is 5.82. The van der Waals surface area contributed by atoms with E-state index in [1.165, 1.54) is 6.07 Å². The summed E-state index contributed by atoms with van der Waals surface area (Å²) in [4.78, 5) is 24.7. The Morgan fingerprint density at radius 1 is 1.06 bits per heavy atom. The first-order valence-electron chi connectivity index (χ1n) is 9.61. The van der Waals surface area contributed by atoms with Crippen molar-refractivity contribution < 1.29 is 27.5 Å². The molecule has 9 heteroatoms. The third kappa shape index (κ3) is 5.31. The van der Waals surface area contributed by atoms with Crippen LogP contribution in [-0.2, 0) is 22.3 Å². The van der Waals surface area contributed by atoms with Gasteiger partial charge in [0.25, 0.3) is 5.91 Å². The number of halogens is 4. The van der Waals surface area contributed by atoms with Crippen LogP contribution in [0.2, 0.25) is 5.02 Å². The summed E-state index contributed by atoms with van der Waals surface area (Å²) in [7, 11) is 0. The zero-order valence-corrected chi connectivity index (χ0v) is 18.1. The van der Waals surface area contributed by atoms with Gasteiger partial charge in [0.15, 0.2) is 6.61 Å². The van der Waals surface area contributed by atoms with Gasteiger partial charge < -0.3 is 14.6 Å². The standard InChI is InChI=1S/C23H20ClF3N2O3/c1-14-11-17(15(2)29(14)12-16-7-4-3-5-8-16)22(31)32-13-20(30)28-21-18(23(25,26)27)9-6-10-19(21)24/h3-11H,12-13H2,1-2H3,(H,28,30). The van der Waals surface area contributed by atoms with Crippen LogP contribution in [0.15, 0.2) is 54.6 Å². The van der Waals surface area contributed by atoms with Crippen LogP contribution in [0, 0.1) is 13.8 Å². The van der Waals surface area contributed by atoms with Gasteiger partial charge in [-0.2, -0.15) is 13.2 Å². The zero-order valence-electron chi connectivity index (χ0n) is 17.3. The highest BCUT2D eigenvalue weighted by Crippen LogP contribution is 2.38. The smallest absolute Gasteiger partial charge is 0.418 e. The maximum atomic E-state index is 13.2. The summed E-state index contributed by atoms with van der Waals surface area (Å²) in [5, 5.41) is 1.81. The maximum Gasteiger partial charge on any atom is 0.418 e. The molecule has 0 bridgehead atoms. The predicted octanol–water partition coefficient (Wildman–Crippen LogP) is 5.62. The second kappa shape index (κ2) is 9.48. The number of ether oxygens (including phenoxy) is 1. The highest BCUT2D eigenvalue weighted by atomic mass is 35.5. The van der Waals surface area contributed by atoms with Crippen LogP contribution in [0.3, 0.4) is 0 Å². The molecule has 1 aromatic heterocycles. The van der Waals surface area contributed by atoms with E-state index in [2.05, 4.69) is 5.32 Å². The number of aromatic nitrogens is 1. The average molecular weight is 465 g/mol. The van der Waals surface area contributed by atoms with E-state index >= 15 is 0 Å². The topological polar surface area (TPSA) is 60.3 Å². The van der Waals surface area contributed by atoms with E-state index in [-0.39, 0.29) is 10.6 Å². The number of carbonyl (C=O) groups excluding carboxylic acids is 2. The van der Waals surface area contributed by atoms with Gasteiger partial charge in [0, 0.05) is 17.9 Å². The molecule has 3 aromatic rings. The number of nitrogens with zero attached hydrogens (tertiary/aromatic N) is 1. The molecule has 1 heterocycles. The molecule has 0 saturated carbocycles. The van der Waals surface area contributed by atoms with Crippen LogP contribution in [0.1, 0.15) is 32.9 Å². The molecule has 32 heavy (non-hydrogen) atoms. The van der Waals surface area contributed by atoms with Crippen LogP contribution in [0.5, 0.6) is 0 Å². The lowest BCUT2D eigenvalue weighted by molar-refractivity contribution is -0.137. The summed E-state index contributed by atoms with van der Waals surface area (Å²) in [5.41, 5.74) is 1.14. The normalized spacial score (nSPS) is 11.3. The Labute approximate surface area is 187 Å². The van der Waals surface area contributed by atoms with Crippen molar-refractivity contribution in [3.8, 4) is 0 Å². The first kappa shape index (κ1) is 23.4. The number of para-hydroxylation sites is 1. The van der Waals surface area contributed by atoms with Gasteiger partial charge in [-0.3, -0.25) is 4.79 Å². The Hall–Kier alpha value is -3.26. The van der Waals surface area contributed by atoms with E-state index in [1.54, 1.807) is 13.0 Å². The molecule has 0 spiro atoms. The first-order chi connectivity index (χ1) is 15.1. The van der Waals surface area contributed by atoms with Crippen molar-refractivity contribution in [2.75, 3.05) is 11.9 Å². The number of aryl methyl sites for hydroxylation is 1. The quantitative estimate of drug-likeness (QED) is 0.481. The highest BCUT2D eigenvalue weighted by Gasteiger charge is 2.35. The number of anilines is 1. The molecule has 0 aliphatic heterocycles. The predicted molar refractivity (Wildman–Crippen MR) is 115 cm³/mol. The third-order valence-corrected chi connectivity index (χ3v) is 5.21. The molecule has 1 amide bonds. The highest BCUT2D eigenvalue weighted by molar-refractivity contribution is 6.34. The molecule has 0 atom stereocenters. The minimum atomic E-state index is -4.71. The number of amides is 1. The molecule has 0 aliphatic carbocycles. The number of alkyl halides is 3. The average Bonchev–Trinajstić information content (AvgIpc) is 3.02. The molecule has 168 valence electrons. The Morgan fingerprint density at radius 3 is 2.41 bits per heavy atom. The summed E-state index contributed by atoms with van der Waals surface area (Å²) in [6.07, 6.45) is -4.71. The first-order valence-corrected chi connectivity index (χ1v) is 9.99.